The van der Waals surface area contributed by atoms with Crippen LogP contribution < -0.4 is 5.32 Å². The molecule has 1 amide bonds. The van der Waals surface area contributed by atoms with E-state index in [1.54, 1.807) is 0 Å². The fourth-order valence-corrected chi connectivity index (χ4v) is 3.43. The zero-order valence-corrected chi connectivity index (χ0v) is 12.7. The quantitative estimate of drug-likeness (QED) is 0.798. The largest absolute Gasteiger partial charge is 0.478 e. The summed E-state index contributed by atoms with van der Waals surface area (Å²) in [4.78, 5) is 26.0. The number of carbonyl (C=O) groups is 2. The average molecular weight is 344 g/mol. The van der Waals surface area contributed by atoms with Gasteiger partial charge in [-0.1, -0.05) is 0 Å². The maximum Gasteiger partial charge on any atom is 0.338 e. The number of carboxylic acids is 1. The molecule has 0 saturated carbocycles. The maximum atomic E-state index is 13.9. The first-order valence-corrected chi connectivity index (χ1v) is 7.86. The van der Waals surface area contributed by atoms with E-state index in [-0.39, 0.29) is 30.9 Å². The lowest BCUT2D eigenvalue weighted by molar-refractivity contribution is -0.0419. The molecule has 3 N–H and O–H groups in total. The lowest BCUT2D eigenvalue weighted by atomic mass is 10.0. The van der Waals surface area contributed by atoms with Gasteiger partial charge in [-0.2, -0.15) is 0 Å². The van der Waals surface area contributed by atoms with Gasteiger partial charge in [0, 0.05) is 18.4 Å². The van der Waals surface area contributed by atoms with Crippen molar-refractivity contribution in [3.8, 4) is 0 Å². The van der Waals surface area contributed by atoms with Gasteiger partial charge < -0.3 is 20.1 Å². The number of fused-ring (bicyclic) bond motifs is 1. The van der Waals surface area contributed by atoms with Crippen LogP contribution in [0.25, 0.3) is 10.2 Å². The third-order valence-corrected chi connectivity index (χ3v) is 4.70. The van der Waals surface area contributed by atoms with E-state index >= 15 is 0 Å². The molecule has 0 radical (unpaired) electrons. The first kappa shape index (κ1) is 15.9. The van der Waals surface area contributed by atoms with Gasteiger partial charge in [0.25, 0.3) is 11.8 Å². The number of amides is 1. The van der Waals surface area contributed by atoms with Gasteiger partial charge in [-0.15, -0.1) is 11.3 Å². The molecule has 1 unspecified atom stereocenters. The molecule has 9 heteroatoms. The van der Waals surface area contributed by atoms with E-state index < -0.39 is 30.3 Å². The van der Waals surface area contributed by atoms with E-state index in [9.17, 15) is 18.4 Å². The fourth-order valence-electron chi connectivity index (χ4n) is 2.50. The second-order valence-electron chi connectivity index (χ2n) is 5.31. The minimum absolute atomic E-state index is 0.0220. The molecule has 1 fully saturated rings. The number of aromatic amines is 1. The Labute approximate surface area is 133 Å². The predicted molar refractivity (Wildman–Crippen MR) is 79.4 cm³/mol. The Morgan fingerprint density at radius 1 is 1.43 bits per heavy atom. The van der Waals surface area contributed by atoms with Crippen LogP contribution in [-0.4, -0.2) is 47.1 Å². The smallest absolute Gasteiger partial charge is 0.338 e. The minimum atomic E-state index is -3.04. The molecular weight excluding hydrogens is 330 g/mol. The molecule has 1 atom stereocenters. The number of H-pyrrole nitrogens is 1. The molecule has 0 spiro atoms. The van der Waals surface area contributed by atoms with Crippen molar-refractivity contribution in [2.45, 2.75) is 24.8 Å². The number of thiophene rings is 1. The van der Waals surface area contributed by atoms with Crippen LogP contribution in [0, 0.1) is 0 Å². The molecule has 23 heavy (non-hydrogen) atoms. The second kappa shape index (κ2) is 5.89. The highest BCUT2D eigenvalue weighted by molar-refractivity contribution is 7.17. The number of carboxylic acid groups (broad SMARTS) is 1. The summed E-state index contributed by atoms with van der Waals surface area (Å²) in [5.74, 6) is -4.84. The Balaban J connectivity index is 1.81. The van der Waals surface area contributed by atoms with Crippen LogP contribution in [0.15, 0.2) is 11.4 Å². The Hall–Kier alpha value is -2.00. The van der Waals surface area contributed by atoms with Crippen molar-refractivity contribution < 1.29 is 28.2 Å². The number of rotatable bonds is 3. The molecule has 0 aliphatic carbocycles. The lowest BCUT2D eigenvalue weighted by Gasteiger charge is -2.24. The number of aromatic nitrogens is 1. The number of nitrogens with one attached hydrogen (secondary N) is 2. The predicted octanol–water partition coefficient (Wildman–Crippen LogP) is 2.47. The van der Waals surface area contributed by atoms with Crippen molar-refractivity contribution in [2.75, 3.05) is 13.2 Å². The molecule has 1 saturated heterocycles. The molecule has 124 valence electrons. The molecule has 3 rings (SSSR count). The van der Waals surface area contributed by atoms with Crippen LogP contribution in [0.5, 0.6) is 0 Å². The van der Waals surface area contributed by atoms with E-state index in [0.29, 0.717) is 10.2 Å². The summed E-state index contributed by atoms with van der Waals surface area (Å²) in [6, 6.07) is 0.158. The molecule has 2 aromatic rings. The number of hydrogen-bond donors (Lipinski definition) is 3. The molecule has 3 heterocycles. The second-order valence-corrected chi connectivity index (χ2v) is 6.23. The third-order valence-electron chi connectivity index (χ3n) is 3.78. The Bertz CT molecular complexity index is 755. The fraction of sp³-hybridized carbons (Fsp3) is 0.429. The van der Waals surface area contributed by atoms with Crippen LogP contribution in [-0.2, 0) is 4.74 Å². The van der Waals surface area contributed by atoms with Gasteiger partial charge in [0.1, 0.15) is 5.69 Å². The van der Waals surface area contributed by atoms with Gasteiger partial charge in [-0.05, 0) is 12.5 Å². The number of halogens is 2. The van der Waals surface area contributed by atoms with Crippen molar-refractivity contribution in [3.05, 3.63) is 22.7 Å². The van der Waals surface area contributed by atoms with Gasteiger partial charge in [0.05, 0.1) is 28.4 Å². The number of ether oxygens (including phenoxy) is 1. The SMILES string of the molecule is O=C(NC1CCOCCC1(F)F)c1cc2scc(C(=O)O)c2[nH]1. The van der Waals surface area contributed by atoms with Gasteiger partial charge >= 0.3 is 5.97 Å². The van der Waals surface area contributed by atoms with Gasteiger partial charge in [0.2, 0.25) is 0 Å². The van der Waals surface area contributed by atoms with Crippen molar-refractivity contribution in [3.63, 3.8) is 0 Å². The average Bonchev–Trinajstić information content (AvgIpc) is 3.00. The van der Waals surface area contributed by atoms with Crippen molar-refractivity contribution in [1.82, 2.24) is 10.3 Å². The summed E-state index contributed by atoms with van der Waals surface area (Å²) in [5, 5.41) is 12.8. The molecule has 6 nitrogen and oxygen atoms in total. The van der Waals surface area contributed by atoms with Crippen LogP contribution in [0.2, 0.25) is 0 Å². The summed E-state index contributed by atoms with van der Waals surface area (Å²) in [6.07, 6.45) is -0.422. The maximum absolute atomic E-state index is 13.9. The molecule has 2 aromatic heterocycles. The summed E-state index contributed by atoms with van der Waals surface area (Å²) < 4.78 is 33.5. The number of aromatic carboxylic acids is 1. The monoisotopic (exact) mass is 344 g/mol. The van der Waals surface area contributed by atoms with E-state index in [1.165, 1.54) is 22.8 Å². The Morgan fingerprint density at radius 3 is 2.96 bits per heavy atom. The summed E-state index contributed by atoms with van der Waals surface area (Å²) in [5.41, 5.74) is 0.441. The van der Waals surface area contributed by atoms with Crippen molar-refractivity contribution in [1.29, 1.82) is 0 Å². The van der Waals surface area contributed by atoms with E-state index in [1.807, 2.05) is 0 Å². The third kappa shape index (κ3) is 3.06. The zero-order chi connectivity index (χ0) is 16.6. The van der Waals surface area contributed by atoms with Crippen LogP contribution in [0.3, 0.4) is 0 Å². The minimum Gasteiger partial charge on any atom is -0.478 e. The highest BCUT2D eigenvalue weighted by atomic mass is 32.1. The number of hydrogen-bond acceptors (Lipinski definition) is 4. The van der Waals surface area contributed by atoms with Crippen LogP contribution in [0.4, 0.5) is 8.78 Å². The first-order valence-electron chi connectivity index (χ1n) is 6.98. The summed E-state index contributed by atoms with van der Waals surface area (Å²) in [6.45, 7) is 0.114. The molecule has 0 bridgehead atoms. The number of alkyl halides is 2. The van der Waals surface area contributed by atoms with Crippen molar-refractivity contribution >= 4 is 33.4 Å². The van der Waals surface area contributed by atoms with E-state index in [2.05, 4.69) is 10.3 Å². The standard InChI is InChI=1S/C14H14F2N2O4S/c15-14(16)2-4-22-3-1-10(14)18-12(19)8-5-9-11(17-8)7(6-23-9)13(20)21/h5-6,10,17H,1-4H2,(H,18,19)(H,20,21). The normalized spacial score (nSPS) is 21.0. The Kier molecular flexibility index (Phi) is 4.07. The summed E-state index contributed by atoms with van der Waals surface area (Å²) in [7, 11) is 0. The van der Waals surface area contributed by atoms with E-state index in [0.717, 1.165) is 0 Å². The van der Waals surface area contributed by atoms with Gasteiger partial charge in [-0.3, -0.25) is 4.79 Å². The molecule has 1 aliphatic rings. The molecule has 1 aliphatic heterocycles. The Morgan fingerprint density at radius 2 is 2.22 bits per heavy atom. The topological polar surface area (TPSA) is 91.4 Å². The van der Waals surface area contributed by atoms with Gasteiger partial charge in [0.15, 0.2) is 0 Å². The molecular formula is C14H14F2N2O4S. The highest BCUT2D eigenvalue weighted by Gasteiger charge is 2.41. The summed E-state index contributed by atoms with van der Waals surface area (Å²) >= 11 is 1.17. The van der Waals surface area contributed by atoms with Gasteiger partial charge in [-0.25, -0.2) is 13.6 Å². The van der Waals surface area contributed by atoms with E-state index in [4.69, 9.17) is 9.84 Å². The van der Waals surface area contributed by atoms with Crippen LogP contribution in [0.1, 0.15) is 33.7 Å². The highest BCUT2D eigenvalue weighted by Crippen LogP contribution is 2.29. The molecule has 0 aromatic carbocycles. The van der Waals surface area contributed by atoms with Crippen molar-refractivity contribution in [2.24, 2.45) is 0 Å². The lowest BCUT2D eigenvalue weighted by Crippen LogP contribution is -2.47. The van der Waals surface area contributed by atoms with Crippen LogP contribution >= 0.6 is 11.3 Å². The first-order chi connectivity index (χ1) is 10.9. The zero-order valence-electron chi connectivity index (χ0n) is 11.9. The number of carbonyl (C=O) groups excluding carboxylic acids is 1.